The molecular weight excluding hydrogens is 366 g/mol. The molecule has 0 unspecified atom stereocenters. The fourth-order valence-corrected chi connectivity index (χ4v) is 2.87. The second-order valence-corrected chi connectivity index (χ2v) is 9.64. The van der Waals surface area contributed by atoms with Crippen LogP contribution < -0.4 is 5.32 Å². The van der Waals surface area contributed by atoms with Gasteiger partial charge in [-0.05, 0) is 69.2 Å². The second-order valence-electron chi connectivity index (χ2n) is 7.99. The normalized spacial score (nSPS) is 16.3. The first-order valence-corrected chi connectivity index (χ1v) is 10.9. The maximum atomic E-state index is 12.1. The standard InChI is InChI=1S/C20H29NO5S/c1-14(21-19(22)26-20(2,3)4)18-11-9-16(13-25-27(5,23)24)12-17(18)10-8-15-6-7-15/h8-12,14-15H,6-7,13H2,1-5H3,(H,21,22)/b10-8+/t14-/m0/s1. The van der Waals surface area contributed by atoms with Crippen molar-refractivity contribution < 1.29 is 22.1 Å². The molecule has 0 aliphatic heterocycles. The molecular formula is C20H29NO5S. The van der Waals surface area contributed by atoms with Gasteiger partial charge >= 0.3 is 6.09 Å². The zero-order valence-electron chi connectivity index (χ0n) is 16.6. The average molecular weight is 396 g/mol. The molecule has 2 rings (SSSR count). The lowest BCUT2D eigenvalue weighted by Gasteiger charge is -2.23. The number of hydrogen-bond acceptors (Lipinski definition) is 5. The molecule has 0 bridgehead atoms. The minimum atomic E-state index is -3.50. The van der Waals surface area contributed by atoms with E-state index in [1.54, 1.807) is 0 Å². The first kappa shape index (κ1) is 21.4. The van der Waals surface area contributed by atoms with E-state index in [0.29, 0.717) is 5.92 Å². The van der Waals surface area contributed by atoms with E-state index in [1.165, 1.54) is 12.8 Å². The molecule has 1 atom stereocenters. The van der Waals surface area contributed by atoms with Crippen molar-refractivity contribution in [1.82, 2.24) is 5.32 Å². The number of amides is 1. The highest BCUT2D eigenvalue weighted by molar-refractivity contribution is 7.85. The molecule has 150 valence electrons. The molecule has 0 heterocycles. The lowest BCUT2D eigenvalue weighted by atomic mass is 9.98. The number of carbonyl (C=O) groups is 1. The van der Waals surface area contributed by atoms with Crippen molar-refractivity contribution in [2.45, 2.75) is 58.8 Å². The molecule has 6 nitrogen and oxygen atoms in total. The van der Waals surface area contributed by atoms with Crippen LogP contribution >= 0.6 is 0 Å². The van der Waals surface area contributed by atoms with Gasteiger partial charge in [0.15, 0.2) is 0 Å². The summed E-state index contributed by atoms with van der Waals surface area (Å²) in [5.74, 6) is 0.600. The van der Waals surface area contributed by atoms with Gasteiger partial charge in [0.25, 0.3) is 10.1 Å². The Morgan fingerprint density at radius 1 is 1.33 bits per heavy atom. The summed E-state index contributed by atoms with van der Waals surface area (Å²) in [7, 11) is -3.50. The smallest absolute Gasteiger partial charge is 0.408 e. The van der Waals surface area contributed by atoms with E-state index >= 15 is 0 Å². The Morgan fingerprint density at radius 3 is 2.56 bits per heavy atom. The SMILES string of the molecule is C[C@H](NC(=O)OC(C)(C)C)c1ccc(COS(C)(=O)=O)cc1/C=C/C1CC1. The van der Waals surface area contributed by atoms with Gasteiger partial charge in [0, 0.05) is 0 Å². The van der Waals surface area contributed by atoms with Gasteiger partial charge in [-0.2, -0.15) is 8.42 Å². The third-order valence-electron chi connectivity index (χ3n) is 3.96. The van der Waals surface area contributed by atoms with Gasteiger partial charge in [0.2, 0.25) is 0 Å². The molecule has 1 N–H and O–H groups in total. The highest BCUT2D eigenvalue weighted by atomic mass is 32.2. The van der Waals surface area contributed by atoms with Crippen molar-refractivity contribution in [3.8, 4) is 0 Å². The predicted molar refractivity (Wildman–Crippen MR) is 106 cm³/mol. The topological polar surface area (TPSA) is 81.7 Å². The maximum absolute atomic E-state index is 12.1. The fourth-order valence-electron chi connectivity index (χ4n) is 2.52. The molecule has 1 amide bonds. The highest BCUT2D eigenvalue weighted by Gasteiger charge is 2.20. The largest absolute Gasteiger partial charge is 0.444 e. The number of allylic oxidation sites excluding steroid dienone is 1. The van der Waals surface area contributed by atoms with Crippen LogP contribution in [0.2, 0.25) is 0 Å². The molecule has 1 aliphatic carbocycles. The summed E-state index contributed by atoms with van der Waals surface area (Å²) in [4.78, 5) is 12.1. The van der Waals surface area contributed by atoms with E-state index in [4.69, 9.17) is 8.92 Å². The minimum Gasteiger partial charge on any atom is -0.444 e. The summed E-state index contributed by atoms with van der Waals surface area (Å²) < 4.78 is 32.7. The Bertz CT molecular complexity index is 804. The van der Waals surface area contributed by atoms with Crippen molar-refractivity contribution >= 4 is 22.3 Å². The predicted octanol–water partition coefficient (Wildman–Crippen LogP) is 4.17. The van der Waals surface area contributed by atoms with E-state index < -0.39 is 21.8 Å². The zero-order chi connectivity index (χ0) is 20.2. The third kappa shape index (κ3) is 8.13. The van der Waals surface area contributed by atoms with Gasteiger partial charge in [-0.25, -0.2) is 4.79 Å². The summed E-state index contributed by atoms with van der Waals surface area (Å²) in [5, 5.41) is 2.85. The van der Waals surface area contributed by atoms with E-state index in [2.05, 4.69) is 11.4 Å². The van der Waals surface area contributed by atoms with Crippen LogP contribution in [0.25, 0.3) is 6.08 Å². The number of rotatable bonds is 7. The molecule has 0 aromatic heterocycles. The Morgan fingerprint density at radius 2 is 2.00 bits per heavy atom. The van der Waals surface area contributed by atoms with Crippen LogP contribution in [-0.4, -0.2) is 26.4 Å². The summed E-state index contributed by atoms with van der Waals surface area (Å²) in [5.41, 5.74) is 2.05. The molecule has 0 radical (unpaired) electrons. The number of carbonyl (C=O) groups excluding carboxylic acids is 1. The Labute approximate surface area is 162 Å². The minimum absolute atomic E-state index is 0.0166. The third-order valence-corrected chi connectivity index (χ3v) is 4.51. The first-order valence-electron chi connectivity index (χ1n) is 9.08. The van der Waals surface area contributed by atoms with Crippen molar-refractivity contribution in [3.63, 3.8) is 0 Å². The molecule has 1 aromatic rings. The molecule has 1 aromatic carbocycles. The number of nitrogens with one attached hydrogen (secondary N) is 1. The monoisotopic (exact) mass is 395 g/mol. The van der Waals surface area contributed by atoms with Crippen LogP contribution in [-0.2, 0) is 25.6 Å². The summed E-state index contributed by atoms with van der Waals surface area (Å²) in [6.07, 6.45) is 7.12. The van der Waals surface area contributed by atoms with Crippen molar-refractivity contribution in [1.29, 1.82) is 0 Å². The lowest BCUT2D eigenvalue weighted by Crippen LogP contribution is -2.34. The Kier molecular flexibility index (Phi) is 6.70. The van der Waals surface area contributed by atoms with E-state index in [9.17, 15) is 13.2 Å². The van der Waals surface area contributed by atoms with Crippen LogP contribution in [0, 0.1) is 5.92 Å². The van der Waals surface area contributed by atoms with Crippen molar-refractivity contribution in [2.24, 2.45) is 5.92 Å². The number of benzene rings is 1. The van der Waals surface area contributed by atoms with Gasteiger partial charge < -0.3 is 10.1 Å². The average Bonchev–Trinajstić information content (AvgIpc) is 3.32. The summed E-state index contributed by atoms with van der Waals surface area (Å²) in [6, 6.07) is 5.33. The summed E-state index contributed by atoms with van der Waals surface area (Å²) in [6.45, 7) is 7.32. The van der Waals surface area contributed by atoms with Crippen LogP contribution in [0.5, 0.6) is 0 Å². The lowest BCUT2D eigenvalue weighted by molar-refractivity contribution is 0.0508. The highest BCUT2D eigenvalue weighted by Crippen LogP contribution is 2.32. The van der Waals surface area contributed by atoms with Crippen LogP contribution in [0.4, 0.5) is 4.79 Å². The van der Waals surface area contributed by atoms with Crippen LogP contribution in [0.3, 0.4) is 0 Å². The van der Waals surface area contributed by atoms with E-state index in [0.717, 1.165) is 22.9 Å². The second kappa shape index (κ2) is 8.44. The molecule has 0 saturated heterocycles. The molecule has 0 spiro atoms. The molecule has 7 heteroatoms. The molecule has 1 aliphatic rings. The van der Waals surface area contributed by atoms with Gasteiger partial charge in [-0.1, -0.05) is 24.3 Å². The van der Waals surface area contributed by atoms with Crippen LogP contribution in [0.15, 0.2) is 24.3 Å². The van der Waals surface area contributed by atoms with Gasteiger partial charge in [0.1, 0.15) is 5.60 Å². The first-order chi connectivity index (χ1) is 12.4. The number of ether oxygens (including phenoxy) is 1. The quantitative estimate of drug-likeness (QED) is 0.701. The molecule has 1 fully saturated rings. The van der Waals surface area contributed by atoms with Crippen molar-refractivity contribution in [3.05, 3.63) is 41.0 Å². The zero-order valence-corrected chi connectivity index (χ0v) is 17.4. The van der Waals surface area contributed by atoms with E-state index in [1.807, 2.05) is 52.0 Å². The van der Waals surface area contributed by atoms with Crippen molar-refractivity contribution in [2.75, 3.05) is 6.26 Å². The molecule has 27 heavy (non-hydrogen) atoms. The Balaban J connectivity index is 2.18. The number of hydrogen-bond donors (Lipinski definition) is 1. The van der Waals surface area contributed by atoms with Gasteiger partial charge in [-0.15, -0.1) is 0 Å². The Hall–Kier alpha value is -1.86. The molecule has 1 saturated carbocycles. The van der Waals surface area contributed by atoms with E-state index in [-0.39, 0.29) is 12.6 Å². The van der Waals surface area contributed by atoms with Gasteiger partial charge in [0.05, 0.1) is 18.9 Å². The summed E-state index contributed by atoms with van der Waals surface area (Å²) >= 11 is 0. The number of alkyl carbamates (subject to hydrolysis) is 1. The van der Waals surface area contributed by atoms with Crippen LogP contribution in [0.1, 0.15) is 63.3 Å². The fraction of sp³-hybridized carbons (Fsp3) is 0.550. The van der Waals surface area contributed by atoms with Gasteiger partial charge in [-0.3, -0.25) is 4.18 Å². The maximum Gasteiger partial charge on any atom is 0.408 e.